The number of carbonyl (C=O) groups is 1. The number of rotatable bonds is 3. The summed E-state index contributed by atoms with van der Waals surface area (Å²) < 4.78 is 0. The molecule has 0 bridgehead atoms. The summed E-state index contributed by atoms with van der Waals surface area (Å²) in [4.78, 5) is 10.9. The fourth-order valence-corrected chi connectivity index (χ4v) is 0.963. The monoisotopic (exact) mass is 209 g/mol. The molecule has 1 amide bonds. The van der Waals surface area contributed by atoms with Crippen molar-refractivity contribution >= 4 is 5.91 Å². The summed E-state index contributed by atoms with van der Waals surface area (Å²) in [6.07, 6.45) is 0. The predicted molar refractivity (Wildman–Crippen MR) is 53.4 cm³/mol. The second-order valence-corrected chi connectivity index (χ2v) is 2.95. The standard InChI is InChI=1S/C10H11NO4/c1-6(12)10(15)11-5-7-2-3-8(13)9(14)4-7/h2-4,12-14H,1,5H2,(H,11,15). The van der Waals surface area contributed by atoms with Crippen LogP contribution in [-0.4, -0.2) is 21.2 Å². The lowest BCUT2D eigenvalue weighted by Crippen LogP contribution is -2.23. The fraction of sp³-hybridized carbons (Fsp3) is 0.100. The molecule has 5 nitrogen and oxygen atoms in total. The highest BCUT2D eigenvalue weighted by Gasteiger charge is 2.05. The molecule has 80 valence electrons. The molecular weight excluding hydrogens is 198 g/mol. The van der Waals surface area contributed by atoms with Gasteiger partial charge in [0.2, 0.25) is 0 Å². The quantitative estimate of drug-likeness (QED) is 0.336. The zero-order chi connectivity index (χ0) is 11.4. The Balaban J connectivity index is 2.62. The first kappa shape index (κ1) is 10.9. The van der Waals surface area contributed by atoms with Crippen molar-refractivity contribution in [3.8, 4) is 11.5 Å². The number of phenols is 2. The van der Waals surface area contributed by atoms with Gasteiger partial charge in [-0.25, -0.2) is 0 Å². The number of aliphatic hydroxyl groups is 1. The summed E-state index contributed by atoms with van der Waals surface area (Å²) in [6, 6.07) is 4.16. The van der Waals surface area contributed by atoms with Gasteiger partial charge in [-0.2, -0.15) is 0 Å². The molecule has 4 N–H and O–H groups in total. The van der Waals surface area contributed by atoms with Crippen molar-refractivity contribution in [2.45, 2.75) is 6.54 Å². The van der Waals surface area contributed by atoms with Gasteiger partial charge in [-0.3, -0.25) is 4.79 Å². The van der Waals surface area contributed by atoms with Crippen molar-refractivity contribution in [3.63, 3.8) is 0 Å². The molecule has 0 aliphatic heterocycles. The Kier molecular flexibility index (Phi) is 3.17. The van der Waals surface area contributed by atoms with Crippen LogP contribution in [0.4, 0.5) is 0 Å². The van der Waals surface area contributed by atoms with Gasteiger partial charge in [0, 0.05) is 6.54 Å². The Morgan fingerprint density at radius 3 is 2.53 bits per heavy atom. The number of nitrogens with one attached hydrogen (secondary N) is 1. The molecule has 0 saturated heterocycles. The SMILES string of the molecule is C=C(O)C(=O)NCc1ccc(O)c(O)c1. The topological polar surface area (TPSA) is 89.8 Å². The van der Waals surface area contributed by atoms with Crippen LogP contribution in [-0.2, 0) is 11.3 Å². The van der Waals surface area contributed by atoms with Crippen LogP contribution in [0.15, 0.2) is 30.5 Å². The third-order valence-electron chi connectivity index (χ3n) is 1.75. The average Bonchev–Trinajstić information content (AvgIpc) is 2.19. The number of hydrogen-bond donors (Lipinski definition) is 4. The summed E-state index contributed by atoms with van der Waals surface area (Å²) in [6.45, 7) is 3.18. The van der Waals surface area contributed by atoms with Gasteiger partial charge in [0.1, 0.15) is 0 Å². The third kappa shape index (κ3) is 2.91. The maximum absolute atomic E-state index is 10.9. The van der Waals surface area contributed by atoms with Gasteiger partial charge < -0.3 is 20.6 Å². The first-order chi connectivity index (χ1) is 7.00. The molecule has 0 fully saturated rings. The molecular formula is C10H11NO4. The lowest BCUT2D eigenvalue weighted by atomic mass is 10.2. The van der Waals surface area contributed by atoms with E-state index in [1.807, 2.05) is 0 Å². The summed E-state index contributed by atoms with van der Waals surface area (Å²) >= 11 is 0. The molecule has 1 aromatic carbocycles. The minimum Gasteiger partial charge on any atom is -0.504 e. The predicted octanol–water partition coefficient (Wildman–Crippen LogP) is 0.786. The Morgan fingerprint density at radius 1 is 1.33 bits per heavy atom. The van der Waals surface area contributed by atoms with E-state index in [-0.39, 0.29) is 18.0 Å². The van der Waals surface area contributed by atoms with E-state index < -0.39 is 11.7 Å². The summed E-state index contributed by atoms with van der Waals surface area (Å²) in [5.41, 5.74) is 0.597. The van der Waals surface area contributed by atoms with Crippen LogP contribution in [0.5, 0.6) is 11.5 Å². The highest BCUT2D eigenvalue weighted by atomic mass is 16.3. The van der Waals surface area contributed by atoms with Crippen molar-refractivity contribution in [3.05, 3.63) is 36.1 Å². The molecule has 1 rings (SSSR count). The average molecular weight is 209 g/mol. The van der Waals surface area contributed by atoms with E-state index in [1.54, 1.807) is 0 Å². The second-order valence-electron chi connectivity index (χ2n) is 2.95. The second kappa shape index (κ2) is 4.36. The molecule has 0 spiro atoms. The first-order valence-corrected chi connectivity index (χ1v) is 4.17. The van der Waals surface area contributed by atoms with Gasteiger partial charge in [0.15, 0.2) is 17.3 Å². The molecule has 0 aliphatic carbocycles. The Labute approximate surface area is 86.3 Å². The van der Waals surface area contributed by atoms with Crippen molar-refractivity contribution in [2.24, 2.45) is 0 Å². The van der Waals surface area contributed by atoms with Crippen molar-refractivity contribution < 1.29 is 20.1 Å². The number of phenolic OH excluding ortho intramolecular Hbond substituents is 2. The molecule has 0 radical (unpaired) electrons. The van der Waals surface area contributed by atoms with Gasteiger partial charge >= 0.3 is 0 Å². The molecule has 0 aliphatic rings. The molecule has 5 heteroatoms. The van der Waals surface area contributed by atoms with Crippen LogP contribution in [0.2, 0.25) is 0 Å². The number of aliphatic hydroxyl groups excluding tert-OH is 1. The van der Waals surface area contributed by atoms with Crippen LogP contribution in [0.1, 0.15) is 5.56 Å². The molecule has 0 heterocycles. The number of carbonyl (C=O) groups excluding carboxylic acids is 1. The molecule has 0 unspecified atom stereocenters. The van der Waals surface area contributed by atoms with Crippen LogP contribution >= 0.6 is 0 Å². The van der Waals surface area contributed by atoms with Gasteiger partial charge in [-0.1, -0.05) is 12.6 Å². The maximum atomic E-state index is 10.9. The summed E-state index contributed by atoms with van der Waals surface area (Å²) in [5.74, 6) is -1.73. The number of hydrogen-bond acceptors (Lipinski definition) is 4. The first-order valence-electron chi connectivity index (χ1n) is 4.17. The van der Waals surface area contributed by atoms with E-state index in [0.29, 0.717) is 5.56 Å². The third-order valence-corrected chi connectivity index (χ3v) is 1.75. The lowest BCUT2D eigenvalue weighted by Gasteiger charge is -2.05. The number of amides is 1. The largest absolute Gasteiger partial charge is 0.504 e. The Morgan fingerprint density at radius 2 is 2.00 bits per heavy atom. The van der Waals surface area contributed by atoms with Crippen LogP contribution < -0.4 is 5.32 Å². The van der Waals surface area contributed by atoms with E-state index in [4.69, 9.17) is 15.3 Å². The van der Waals surface area contributed by atoms with E-state index >= 15 is 0 Å². The molecule has 0 atom stereocenters. The maximum Gasteiger partial charge on any atom is 0.285 e. The highest BCUT2D eigenvalue weighted by Crippen LogP contribution is 2.24. The number of aromatic hydroxyl groups is 2. The van der Waals surface area contributed by atoms with Gasteiger partial charge in [-0.05, 0) is 17.7 Å². The van der Waals surface area contributed by atoms with Crippen molar-refractivity contribution in [1.82, 2.24) is 5.32 Å². The molecule has 0 saturated carbocycles. The van der Waals surface area contributed by atoms with E-state index in [1.165, 1.54) is 18.2 Å². The van der Waals surface area contributed by atoms with Crippen molar-refractivity contribution in [1.29, 1.82) is 0 Å². The minimum absolute atomic E-state index is 0.131. The van der Waals surface area contributed by atoms with E-state index in [9.17, 15) is 4.79 Å². The Hall–Kier alpha value is -2.17. The van der Waals surface area contributed by atoms with Crippen LogP contribution in [0.25, 0.3) is 0 Å². The zero-order valence-corrected chi connectivity index (χ0v) is 7.90. The molecule has 0 aromatic heterocycles. The smallest absolute Gasteiger partial charge is 0.285 e. The fourth-order valence-electron chi connectivity index (χ4n) is 0.963. The highest BCUT2D eigenvalue weighted by molar-refractivity contribution is 5.90. The Bertz CT molecular complexity index is 400. The molecule has 1 aromatic rings. The van der Waals surface area contributed by atoms with Gasteiger partial charge in [0.25, 0.3) is 5.91 Å². The minimum atomic E-state index is -0.678. The van der Waals surface area contributed by atoms with Crippen molar-refractivity contribution in [2.75, 3.05) is 0 Å². The van der Waals surface area contributed by atoms with Gasteiger partial charge in [0.05, 0.1) is 0 Å². The normalized spacial score (nSPS) is 9.60. The lowest BCUT2D eigenvalue weighted by molar-refractivity contribution is -0.120. The van der Waals surface area contributed by atoms with Crippen LogP contribution in [0, 0.1) is 0 Å². The van der Waals surface area contributed by atoms with Gasteiger partial charge in [-0.15, -0.1) is 0 Å². The number of benzene rings is 1. The van der Waals surface area contributed by atoms with E-state index in [2.05, 4.69) is 11.9 Å². The summed E-state index contributed by atoms with van der Waals surface area (Å²) in [7, 11) is 0. The van der Waals surface area contributed by atoms with Crippen LogP contribution in [0.3, 0.4) is 0 Å². The molecule has 15 heavy (non-hydrogen) atoms. The zero-order valence-electron chi connectivity index (χ0n) is 7.90. The summed E-state index contributed by atoms with van der Waals surface area (Å²) in [5, 5.41) is 29.2. The van der Waals surface area contributed by atoms with E-state index in [0.717, 1.165) is 0 Å².